The SMILES string of the molecule is CCC(O)C(OCCCCC(=O)OC1CC(OC(=O)C(C)CNC(N)=O)C(C)OC1OC(C)CCC(=O)O)OC(C)C. The Morgan fingerprint density at radius 2 is 1.74 bits per heavy atom. The van der Waals surface area contributed by atoms with Gasteiger partial charge in [-0.3, -0.25) is 14.4 Å². The molecule has 1 saturated heterocycles. The Morgan fingerprint density at radius 1 is 1.05 bits per heavy atom. The Balaban J connectivity index is 2.75. The summed E-state index contributed by atoms with van der Waals surface area (Å²) in [6.07, 6.45) is -3.71. The predicted molar refractivity (Wildman–Crippen MR) is 149 cm³/mol. The maximum atomic E-state index is 12.7. The number of ether oxygens (including phenoxy) is 6. The van der Waals surface area contributed by atoms with Gasteiger partial charge in [-0.2, -0.15) is 0 Å². The van der Waals surface area contributed by atoms with E-state index in [1.54, 1.807) is 20.8 Å². The first-order chi connectivity index (χ1) is 19.7. The van der Waals surface area contributed by atoms with Crippen molar-refractivity contribution in [2.24, 2.45) is 11.7 Å². The predicted octanol–water partition coefficient (Wildman–Crippen LogP) is 2.23. The zero-order valence-electron chi connectivity index (χ0n) is 25.6. The van der Waals surface area contributed by atoms with E-state index in [1.165, 1.54) is 0 Å². The molecule has 8 atom stereocenters. The average molecular weight is 607 g/mol. The number of unbranched alkanes of at least 4 members (excludes halogenated alkanes) is 1. The lowest BCUT2D eigenvalue weighted by Crippen LogP contribution is -2.51. The van der Waals surface area contributed by atoms with E-state index in [0.717, 1.165) is 0 Å². The van der Waals surface area contributed by atoms with E-state index in [4.69, 9.17) is 39.3 Å². The van der Waals surface area contributed by atoms with Crippen molar-refractivity contribution in [2.75, 3.05) is 13.2 Å². The Labute approximate surface area is 247 Å². The quantitative estimate of drug-likeness (QED) is 0.0895. The third kappa shape index (κ3) is 15.1. The Morgan fingerprint density at radius 3 is 2.33 bits per heavy atom. The second kappa shape index (κ2) is 19.6. The van der Waals surface area contributed by atoms with Crippen LogP contribution in [-0.2, 0) is 42.8 Å². The summed E-state index contributed by atoms with van der Waals surface area (Å²) in [5.41, 5.74) is 5.06. The van der Waals surface area contributed by atoms with Crippen LogP contribution < -0.4 is 11.1 Å². The van der Waals surface area contributed by atoms with Gasteiger partial charge in [0, 0.05) is 32.4 Å². The minimum absolute atomic E-state index is 0.00711. The molecule has 0 radical (unpaired) electrons. The number of aliphatic hydroxyl groups is 1. The van der Waals surface area contributed by atoms with Crippen molar-refractivity contribution in [1.29, 1.82) is 0 Å². The molecule has 0 aliphatic carbocycles. The van der Waals surface area contributed by atoms with E-state index in [-0.39, 0.29) is 44.9 Å². The fourth-order valence-electron chi connectivity index (χ4n) is 4.01. The number of carboxylic acid groups (broad SMARTS) is 1. The highest BCUT2D eigenvalue weighted by molar-refractivity contribution is 5.75. The molecule has 244 valence electrons. The van der Waals surface area contributed by atoms with Crippen LogP contribution in [0.5, 0.6) is 0 Å². The summed E-state index contributed by atoms with van der Waals surface area (Å²) in [6.45, 7) is 10.8. The number of hydrogen-bond donors (Lipinski definition) is 4. The van der Waals surface area contributed by atoms with Gasteiger partial charge in [-0.05, 0) is 53.4 Å². The summed E-state index contributed by atoms with van der Waals surface area (Å²) >= 11 is 0. The van der Waals surface area contributed by atoms with E-state index in [1.807, 2.05) is 20.8 Å². The first-order valence-electron chi connectivity index (χ1n) is 14.6. The molecule has 14 heteroatoms. The molecular formula is C28H50N2O12. The van der Waals surface area contributed by atoms with E-state index in [9.17, 15) is 24.3 Å². The van der Waals surface area contributed by atoms with Gasteiger partial charge in [-0.25, -0.2) is 4.79 Å². The molecule has 8 unspecified atom stereocenters. The van der Waals surface area contributed by atoms with Crippen LogP contribution in [0.15, 0.2) is 0 Å². The first kappa shape index (κ1) is 37.5. The molecule has 1 heterocycles. The molecule has 1 aliphatic heterocycles. The van der Waals surface area contributed by atoms with E-state index in [2.05, 4.69) is 5.32 Å². The number of carboxylic acids is 1. The molecule has 5 N–H and O–H groups in total. The van der Waals surface area contributed by atoms with Gasteiger partial charge >= 0.3 is 23.9 Å². The molecule has 14 nitrogen and oxygen atoms in total. The topological polar surface area (TPSA) is 202 Å². The third-order valence-electron chi connectivity index (χ3n) is 6.50. The second-order valence-electron chi connectivity index (χ2n) is 10.8. The molecule has 2 amide bonds. The molecule has 42 heavy (non-hydrogen) atoms. The largest absolute Gasteiger partial charge is 0.481 e. The summed E-state index contributed by atoms with van der Waals surface area (Å²) in [5, 5.41) is 21.4. The molecule has 0 spiro atoms. The van der Waals surface area contributed by atoms with Gasteiger partial charge in [-0.15, -0.1) is 0 Å². The number of carbonyl (C=O) groups excluding carboxylic acids is 3. The third-order valence-corrected chi connectivity index (χ3v) is 6.50. The van der Waals surface area contributed by atoms with Gasteiger partial charge < -0.3 is 49.7 Å². The van der Waals surface area contributed by atoms with E-state index < -0.39 is 73.0 Å². The van der Waals surface area contributed by atoms with Gasteiger partial charge in [0.15, 0.2) is 18.7 Å². The number of nitrogens with two attached hydrogens (primary N) is 1. The smallest absolute Gasteiger partial charge is 0.312 e. The highest BCUT2D eigenvalue weighted by atomic mass is 16.7. The molecule has 0 aromatic rings. The van der Waals surface area contributed by atoms with E-state index in [0.29, 0.717) is 19.3 Å². The second-order valence-corrected chi connectivity index (χ2v) is 10.8. The number of rotatable bonds is 20. The normalized spacial score (nSPS) is 23.4. The standard InChI is InChI=1S/C28H50N2O12/c1-7-20(31)26(38-16(2)3)37-13-9-8-10-24(34)41-22-14-21(42-25(35)17(4)15-30-28(29)36)19(6)40-27(22)39-18(5)11-12-23(32)33/h16-22,26-27,31H,7-15H2,1-6H3,(H,32,33)(H3,29,30,36). The molecule has 0 bridgehead atoms. The summed E-state index contributed by atoms with van der Waals surface area (Å²) in [4.78, 5) is 47.2. The van der Waals surface area contributed by atoms with Crippen LogP contribution in [0.25, 0.3) is 0 Å². The zero-order valence-corrected chi connectivity index (χ0v) is 25.6. The lowest BCUT2D eigenvalue weighted by molar-refractivity contribution is -0.280. The van der Waals surface area contributed by atoms with Crippen molar-refractivity contribution in [1.82, 2.24) is 5.32 Å². The van der Waals surface area contributed by atoms with Gasteiger partial charge in [0.25, 0.3) is 0 Å². The molecular weight excluding hydrogens is 556 g/mol. The number of esters is 2. The van der Waals surface area contributed by atoms with E-state index >= 15 is 0 Å². The van der Waals surface area contributed by atoms with Crippen LogP contribution in [0.3, 0.4) is 0 Å². The Hall–Kier alpha value is -2.52. The summed E-state index contributed by atoms with van der Waals surface area (Å²) < 4.78 is 34.4. The van der Waals surface area contributed by atoms with Crippen LogP contribution >= 0.6 is 0 Å². The maximum Gasteiger partial charge on any atom is 0.312 e. The number of primary amides is 1. The lowest BCUT2D eigenvalue weighted by Gasteiger charge is -2.40. The van der Waals surface area contributed by atoms with Crippen LogP contribution in [-0.4, -0.2) is 96.5 Å². The average Bonchev–Trinajstić information content (AvgIpc) is 2.91. The number of urea groups is 1. The minimum atomic E-state index is -0.996. The highest BCUT2D eigenvalue weighted by Gasteiger charge is 2.42. The van der Waals surface area contributed by atoms with Gasteiger partial charge in [0.1, 0.15) is 12.2 Å². The van der Waals surface area contributed by atoms with Gasteiger partial charge in [0.2, 0.25) is 0 Å². The van der Waals surface area contributed by atoms with Crippen molar-refractivity contribution in [3.63, 3.8) is 0 Å². The fourth-order valence-corrected chi connectivity index (χ4v) is 4.01. The van der Waals surface area contributed by atoms with Crippen LogP contribution in [0.1, 0.15) is 86.5 Å². The molecule has 0 aromatic heterocycles. The molecule has 1 fully saturated rings. The number of aliphatic carboxylic acids is 1. The van der Waals surface area contributed by atoms with Gasteiger partial charge in [-0.1, -0.05) is 13.8 Å². The summed E-state index contributed by atoms with van der Waals surface area (Å²) in [7, 11) is 0. The maximum absolute atomic E-state index is 12.7. The molecule has 0 aromatic carbocycles. The van der Waals surface area contributed by atoms with Crippen molar-refractivity contribution in [3.05, 3.63) is 0 Å². The van der Waals surface area contributed by atoms with Crippen molar-refractivity contribution < 1.29 is 57.8 Å². The number of amides is 2. The Bertz CT molecular complexity index is 842. The number of carbonyl (C=O) groups is 4. The number of hydrogen-bond acceptors (Lipinski definition) is 11. The highest BCUT2D eigenvalue weighted by Crippen LogP contribution is 2.28. The van der Waals surface area contributed by atoms with Crippen molar-refractivity contribution >= 4 is 23.9 Å². The monoisotopic (exact) mass is 606 g/mol. The van der Waals surface area contributed by atoms with Crippen molar-refractivity contribution in [3.8, 4) is 0 Å². The fraction of sp³-hybridized carbons (Fsp3) is 0.857. The van der Waals surface area contributed by atoms with Crippen LogP contribution in [0.4, 0.5) is 4.79 Å². The van der Waals surface area contributed by atoms with Crippen LogP contribution in [0, 0.1) is 5.92 Å². The first-order valence-corrected chi connectivity index (χ1v) is 14.6. The zero-order chi connectivity index (χ0) is 31.8. The summed E-state index contributed by atoms with van der Waals surface area (Å²) in [6, 6.07) is -0.762. The molecule has 1 rings (SSSR count). The van der Waals surface area contributed by atoms with Crippen LogP contribution in [0.2, 0.25) is 0 Å². The number of nitrogens with one attached hydrogen (secondary N) is 1. The van der Waals surface area contributed by atoms with Crippen molar-refractivity contribution in [2.45, 2.75) is 136 Å². The lowest BCUT2D eigenvalue weighted by atomic mass is 10.0. The molecule has 0 saturated carbocycles. The van der Waals surface area contributed by atoms with Gasteiger partial charge in [0.05, 0.1) is 24.2 Å². The summed E-state index contributed by atoms with van der Waals surface area (Å²) in [5.74, 6) is -2.75. The Kier molecular flexibility index (Phi) is 17.5. The molecule has 1 aliphatic rings. The number of aliphatic hydroxyl groups excluding tert-OH is 1. The minimum Gasteiger partial charge on any atom is -0.481 e.